The topological polar surface area (TPSA) is 59.3 Å². The van der Waals surface area contributed by atoms with Crippen LogP contribution >= 0.6 is 0 Å². The van der Waals surface area contributed by atoms with Crippen molar-refractivity contribution in [2.45, 2.75) is 13.0 Å². The summed E-state index contributed by atoms with van der Waals surface area (Å²) in [5.41, 5.74) is 2.89. The van der Waals surface area contributed by atoms with Crippen LogP contribution in [0.25, 0.3) is 11.0 Å². The maximum Gasteiger partial charge on any atom is 0.106 e. The van der Waals surface area contributed by atoms with Crippen molar-refractivity contribution in [3.63, 3.8) is 0 Å². The maximum atomic E-state index is 10.1. The van der Waals surface area contributed by atoms with Crippen molar-refractivity contribution in [3.8, 4) is 0 Å². The zero-order valence-corrected chi connectivity index (χ0v) is 11.7. The van der Waals surface area contributed by atoms with Crippen LogP contribution in [-0.4, -0.2) is 41.5 Å². The van der Waals surface area contributed by atoms with Crippen LogP contribution in [-0.2, 0) is 11.8 Å². The van der Waals surface area contributed by atoms with Gasteiger partial charge in [-0.15, -0.1) is 0 Å². The number of aliphatic hydroxyl groups is 1. The van der Waals surface area contributed by atoms with Gasteiger partial charge in [0.2, 0.25) is 0 Å². The zero-order chi connectivity index (χ0) is 13.8. The summed E-state index contributed by atoms with van der Waals surface area (Å²) in [7, 11) is 3.66. The lowest BCUT2D eigenvalue weighted by atomic mass is 10.1. The van der Waals surface area contributed by atoms with Crippen LogP contribution in [0.5, 0.6) is 0 Å². The van der Waals surface area contributed by atoms with E-state index in [0.717, 1.165) is 29.0 Å². The van der Waals surface area contributed by atoms with Crippen LogP contribution in [0.15, 0.2) is 18.2 Å². The second-order valence-corrected chi connectivity index (χ2v) is 4.68. The van der Waals surface area contributed by atoms with Gasteiger partial charge in [0.15, 0.2) is 0 Å². The quantitative estimate of drug-likeness (QED) is 0.768. The number of hydrogen-bond acceptors (Lipinski definition) is 4. The molecule has 1 atom stereocenters. The standard InChI is InChI=1S/C14H21N3O2/c1-10-16-12-8-11(4-5-13(12)17(10)2)14(18)9-15-6-7-19-3/h4-5,8,14-15,18H,6-7,9H2,1-3H3. The normalized spacial score (nSPS) is 13.1. The van der Waals surface area contributed by atoms with Gasteiger partial charge in [0, 0.05) is 27.2 Å². The van der Waals surface area contributed by atoms with Gasteiger partial charge in [-0.3, -0.25) is 0 Å². The number of fused-ring (bicyclic) bond motifs is 1. The molecule has 0 saturated carbocycles. The number of imidazole rings is 1. The van der Waals surface area contributed by atoms with Crippen molar-refractivity contribution in [1.29, 1.82) is 0 Å². The van der Waals surface area contributed by atoms with Crippen molar-refractivity contribution in [3.05, 3.63) is 29.6 Å². The number of methoxy groups -OCH3 is 1. The monoisotopic (exact) mass is 263 g/mol. The molecule has 2 rings (SSSR count). The van der Waals surface area contributed by atoms with Crippen molar-refractivity contribution in [1.82, 2.24) is 14.9 Å². The fraction of sp³-hybridized carbons (Fsp3) is 0.500. The van der Waals surface area contributed by atoms with Crippen LogP contribution in [0.2, 0.25) is 0 Å². The first kappa shape index (κ1) is 14.0. The molecule has 5 nitrogen and oxygen atoms in total. The van der Waals surface area contributed by atoms with E-state index < -0.39 is 6.10 Å². The molecule has 1 aromatic heterocycles. The number of benzene rings is 1. The van der Waals surface area contributed by atoms with Gasteiger partial charge < -0.3 is 19.7 Å². The number of hydrogen-bond donors (Lipinski definition) is 2. The molecule has 2 N–H and O–H groups in total. The molecule has 0 fully saturated rings. The highest BCUT2D eigenvalue weighted by atomic mass is 16.5. The van der Waals surface area contributed by atoms with E-state index in [4.69, 9.17) is 4.74 Å². The van der Waals surface area contributed by atoms with Crippen molar-refractivity contribution < 1.29 is 9.84 Å². The smallest absolute Gasteiger partial charge is 0.106 e. The number of aromatic nitrogens is 2. The molecule has 1 unspecified atom stereocenters. The fourth-order valence-corrected chi connectivity index (χ4v) is 2.08. The molecule has 0 spiro atoms. The Hall–Kier alpha value is -1.43. The Kier molecular flexibility index (Phi) is 4.52. The number of nitrogens with one attached hydrogen (secondary N) is 1. The number of nitrogens with zero attached hydrogens (tertiary/aromatic N) is 2. The molecule has 0 aliphatic carbocycles. The maximum absolute atomic E-state index is 10.1. The van der Waals surface area contributed by atoms with E-state index in [-0.39, 0.29) is 0 Å². The van der Waals surface area contributed by atoms with Crippen LogP contribution in [0.1, 0.15) is 17.5 Å². The highest BCUT2D eigenvalue weighted by molar-refractivity contribution is 5.76. The van der Waals surface area contributed by atoms with E-state index in [9.17, 15) is 5.11 Å². The van der Waals surface area contributed by atoms with E-state index in [1.807, 2.05) is 36.7 Å². The Morgan fingerprint density at radius 3 is 3.00 bits per heavy atom. The van der Waals surface area contributed by atoms with Crippen LogP contribution in [0.3, 0.4) is 0 Å². The molecule has 0 saturated heterocycles. The third-order valence-electron chi connectivity index (χ3n) is 3.33. The second kappa shape index (κ2) is 6.14. The predicted octanol–water partition coefficient (Wildman–Crippen LogP) is 1.15. The van der Waals surface area contributed by atoms with Crippen molar-refractivity contribution >= 4 is 11.0 Å². The van der Waals surface area contributed by atoms with Crippen LogP contribution in [0.4, 0.5) is 0 Å². The van der Waals surface area contributed by atoms with Gasteiger partial charge >= 0.3 is 0 Å². The molecule has 0 bridgehead atoms. The van der Waals surface area contributed by atoms with E-state index in [1.165, 1.54) is 0 Å². The van der Waals surface area contributed by atoms with Crippen molar-refractivity contribution in [2.24, 2.45) is 7.05 Å². The van der Waals surface area contributed by atoms with E-state index in [2.05, 4.69) is 10.3 Å². The van der Waals surface area contributed by atoms with Gasteiger partial charge in [-0.05, 0) is 24.6 Å². The lowest BCUT2D eigenvalue weighted by molar-refractivity contribution is 0.161. The van der Waals surface area contributed by atoms with E-state index >= 15 is 0 Å². The fourth-order valence-electron chi connectivity index (χ4n) is 2.08. The van der Waals surface area contributed by atoms with Gasteiger partial charge in [0.05, 0.1) is 23.7 Å². The minimum atomic E-state index is -0.524. The molecule has 0 radical (unpaired) electrons. The first-order chi connectivity index (χ1) is 9.13. The summed E-state index contributed by atoms with van der Waals surface area (Å²) in [5, 5.41) is 13.3. The molecule has 104 valence electrons. The van der Waals surface area contributed by atoms with Crippen LogP contribution < -0.4 is 5.32 Å². The summed E-state index contributed by atoms with van der Waals surface area (Å²) >= 11 is 0. The summed E-state index contributed by atoms with van der Waals surface area (Å²) in [6.07, 6.45) is -0.524. The van der Waals surface area contributed by atoms with Gasteiger partial charge in [-0.2, -0.15) is 0 Å². The molecule has 1 aromatic carbocycles. The molecule has 0 amide bonds. The molecule has 2 aromatic rings. The Morgan fingerprint density at radius 2 is 2.26 bits per heavy atom. The second-order valence-electron chi connectivity index (χ2n) is 4.68. The highest BCUT2D eigenvalue weighted by Gasteiger charge is 2.10. The van der Waals surface area contributed by atoms with Gasteiger partial charge in [0.25, 0.3) is 0 Å². The third kappa shape index (κ3) is 3.12. The van der Waals surface area contributed by atoms with Gasteiger partial charge in [-0.25, -0.2) is 4.98 Å². The Balaban J connectivity index is 2.08. The Bertz CT molecular complexity index is 551. The minimum Gasteiger partial charge on any atom is -0.387 e. The third-order valence-corrected chi connectivity index (χ3v) is 3.33. The minimum absolute atomic E-state index is 0.515. The van der Waals surface area contributed by atoms with Crippen molar-refractivity contribution in [2.75, 3.05) is 26.8 Å². The molecule has 0 aliphatic rings. The summed E-state index contributed by atoms with van der Waals surface area (Å²) in [6, 6.07) is 5.90. The van der Waals surface area contributed by atoms with Gasteiger partial charge in [-0.1, -0.05) is 6.07 Å². The Labute approximate surface area is 113 Å². The highest BCUT2D eigenvalue weighted by Crippen LogP contribution is 2.20. The molecule has 5 heteroatoms. The number of ether oxygens (including phenoxy) is 1. The molecule has 19 heavy (non-hydrogen) atoms. The largest absolute Gasteiger partial charge is 0.387 e. The first-order valence-corrected chi connectivity index (χ1v) is 6.44. The number of rotatable bonds is 6. The number of aliphatic hydroxyl groups excluding tert-OH is 1. The number of aryl methyl sites for hydroxylation is 2. The molecule has 1 heterocycles. The summed E-state index contributed by atoms with van der Waals surface area (Å²) in [6.45, 7) is 3.87. The average molecular weight is 263 g/mol. The van der Waals surface area contributed by atoms with Crippen LogP contribution in [0, 0.1) is 6.92 Å². The SMILES string of the molecule is COCCNCC(O)c1ccc2c(c1)nc(C)n2C. The van der Waals surface area contributed by atoms with E-state index in [0.29, 0.717) is 13.2 Å². The summed E-state index contributed by atoms with van der Waals surface area (Å²) in [5.74, 6) is 0.972. The first-order valence-electron chi connectivity index (χ1n) is 6.44. The summed E-state index contributed by atoms with van der Waals surface area (Å²) in [4.78, 5) is 4.48. The lowest BCUT2D eigenvalue weighted by Gasteiger charge is -2.12. The molecule has 0 aliphatic heterocycles. The predicted molar refractivity (Wildman–Crippen MR) is 75.2 cm³/mol. The lowest BCUT2D eigenvalue weighted by Crippen LogP contribution is -2.24. The molecular weight excluding hydrogens is 242 g/mol. The summed E-state index contributed by atoms with van der Waals surface area (Å²) < 4.78 is 6.99. The molecular formula is C14H21N3O2. The van der Waals surface area contributed by atoms with E-state index in [1.54, 1.807) is 7.11 Å². The van der Waals surface area contributed by atoms with Gasteiger partial charge in [0.1, 0.15) is 5.82 Å². The zero-order valence-electron chi connectivity index (χ0n) is 11.7. The Morgan fingerprint density at radius 1 is 1.47 bits per heavy atom. The average Bonchev–Trinajstić information content (AvgIpc) is 2.69.